The lowest BCUT2D eigenvalue weighted by Gasteiger charge is -2.03. The Balaban J connectivity index is 2.91. The van der Waals surface area contributed by atoms with Crippen molar-refractivity contribution in [1.29, 1.82) is 0 Å². The molecule has 1 aromatic carbocycles. The predicted octanol–water partition coefficient (Wildman–Crippen LogP) is 1.69. The first-order valence-corrected chi connectivity index (χ1v) is 4.78. The van der Waals surface area contributed by atoms with Gasteiger partial charge in [-0.3, -0.25) is 5.43 Å². The van der Waals surface area contributed by atoms with Crippen LogP contribution in [0.1, 0.15) is 18.1 Å². The molecule has 0 saturated heterocycles. The quantitative estimate of drug-likeness (QED) is 0.457. The zero-order valence-electron chi connectivity index (χ0n) is 8.54. The Morgan fingerprint density at radius 1 is 1.53 bits per heavy atom. The number of rotatable bonds is 2. The SMILES string of the molecule is CC(=NNC(N)=S)c1ccc(C)c(F)c1. The molecular formula is C10H12FN3S. The number of benzene rings is 1. The van der Waals surface area contributed by atoms with Crippen molar-refractivity contribution in [1.82, 2.24) is 5.43 Å². The second kappa shape index (κ2) is 4.84. The van der Waals surface area contributed by atoms with E-state index in [1.54, 1.807) is 26.0 Å². The normalized spacial score (nSPS) is 11.3. The number of nitrogens with two attached hydrogens (primary N) is 1. The Bertz CT molecular complexity index is 415. The summed E-state index contributed by atoms with van der Waals surface area (Å²) in [6.07, 6.45) is 0. The van der Waals surface area contributed by atoms with Crippen molar-refractivity contribution in [3.8, 4) is 0 Å². The van der Waals surface area contributed by atoms with Gasteiger partial charge in [0.05, 0.1) is 5.71 Å². The third kappa shape index (κ3) is 3.28. The van der Waals surface area contributed by atoms with Gasteiger partial charge in [0, 0.05) is 5.56 Å². The average molecular weight is 225 g/mol. The highest BCUT2D eigenvalue weighted by atomic mass is 32.1. The Labute approximate surface area is 93.2 Å². The molecule has 0 bridgehead atoms. The van der Waals surface area contributed by atoms with Crippen LogP contribution in [0.5, 0.6) is 0 Å². The molecule has 1 aromatic rings. The smallest absolute Gasteiger partial charge is 0.184 e. The highest BCUT2D eigenvalue weighted by Gasteiger charge is 2.01. The van der Waals surface area contributed by atoms with Gasteiger partial charge in [-0.1, -0.05) is 12.1 Å². The predicted molar refractivity (Wildman–Crippen MR) is 63.3 cm³/mol. The van der Waals surface area contributed by atoms with E-state index in [1.807, 2.05) is 0 Å². The highest BCUT2D eigenvalue weighted by molar-refractivity contribution is 7.80. The summed E-state index contributed by atoms with van der Waals surface area (Å²) in [5, 5.41) is 3.98. The number of thiocarbonyl (C=S) groups is 1. The molecule has 0 atom stereocenters. The summed E-state index contributed by atoms with van der Waals surface area (Å²) in [7, 11) is 0. The topological polar surface area (TPSA) is 50.4 Å². The van der Waals surface area contributed by atoms with Gasteiger partial charge < -0.3 is 5.73 Å². The molecule has 0 aliphatic heterocycles. The van der Waals surface area contributed by atoms with Crippen molar-refractivity contribution in [3.63, 3.8) is 0 Å². The van der Waals surface area contributed by atoms with E-state index in [0.717, 1.165) is 0 Å². The maximum absolute atomic E-state index is 13.2. The van der Waals surface area contributed by atoms with Crippen molar-refractivity contribution in [3.05, 3.63) is 35.1 Å². The number of nitrogens with zero attached hydrogens (tertiary/aromatic N) is 1. The van der Waals surface area contributed by atoms with Crippen molar-refractivity contribution >= 4 is 23.0 Å². The second-order valence-electron chi connectivity index (χ2n) is 3.14. The summed E-state index contributed by atoms with van der Waals surface area (Å²) in [6.45, 7) is 3.45. The van der Waals surface area contributed by atoms with Gasteiger partial charge >= 0.3 is 0 Å². The van der Waals surface area contributed by atoms with Crippen LogP contribution in [-0.2, 0) is 0 Å². The molecule has 1 rings (SSSR count). The van der Waals surface area contributed by atoms with Gasteiger partial charge in [0.15, 0.2) is 5.11 Å². The van der Waals surface area contributed by atoms with E-state index in [9.17, 15) is 4.39 Å². The summed E-state index contributed by atoms with van der Waals surface area (Å²) in [4.78, 5) is 0. The first kappa shape index (κ1) is 11.6. The molecule has 0 spiro atoms. The van der Waals surface area contributed by atoms with Crippen LogP contribution in [0.15, 0.2) is 23.3 Å². The average Bonchev–Trinajstić information content (AvgIpc) is 2.18. The molecular weight excluding hydrogens is 213 g/mol. The van der Waals surface area contributed by atoms with E-state index >= 15 is 0 Å². The molecule has 0 saturated carbocycles. The Morgan fingerprint density at radius 3 is 2.73 bits per heavy atom. The van der Waals surface area contributed by atoms with Crippen molar-refractivity contribution in [2.24, 2.45) is 10.8 Å². The van der Waals surface area contributed by atoms with Gasteiger partial charge in [-0.2, -0.15) is 5.10 Å². The molecule has 0 aliphatic rings. The number of halogens is 1. The van der Waals surface area contributed by atoms with E-state index in [2.05, 4.69) is 22.7 Å². The van der Waals surface area contributed by atoms with Crippen LogP contribution < -0.4 is 11.2 Å². The second-order valence-corrected chi connectivity index (χ2v) is 3.58. The van der Waals surface area contributed by atoms with Crippen molar-refractivity contribution in [2.75, 3.05) is 0 Å². The molecule has 5 heteroatoms. The fourth-order valence-corrected chi connectivity index (χ4v) is 1.07. The lowest BCUT2D eigenvalue weighted by atomic mass is 10.1. The summed E-state index contributed by atoms with van der Waals surface area (Å²) < 4.78 is 13.2. The van der Waals surface area contributed by atoms with Crippen LogP contribution in [-0.4, -0.2) is 10.8 Å². The monoisotopic (exact) mass is 225 g/mol. The molecule has 80 valence electrons. The number of hydrogen-bond acceptors (Lipinski definition) is 2. The van der Waals surface area contributed by atoms with E-state index in [4.69, 9.17) is 5.73 Å². The lowest BCUT2D eigenvalue weighted by molar-refractivity contribution is 0.618. The lowest BCUT2D eigenvalue weighted by Crippen LogP contribution is -2.25. The maximum Gasteiger partial charge on any atom is 0.184 e. The number of nitrogens with one attached hydrogen (secondary N) is 1. The largest absolute Gasteiger partial charge is 0.375 e. The van der Waals surface area contributed by atoms with E-state index in [-0.39, 0.29) is 10.9 Å². The van der Waals surface area contributed by atoms with Crippen LogP contribution in [0.25, 0.3) is 0 Å². The molecule has 0 radical (unpaired) electrons. The molecule has 3 nitrogen and oxygen atoms in total. The summed E-state index contributed by atoms with van der Waals surface area (Å²) in [6, 6.07) is 4.92. The summed E-state index contributed by atoms with van der Waals surface area (Å²) in [5.74, 6) is -0.252. The minimum absolute atomic E-state index is 0.0851. The van der Waals surface area contributed by atoms with Gasteiger partial charge in [0.1, 0.15) is 5.82 Å². The molecule has 0 aromatic heterocycles. The van der Waals surface area contributed by atoms with Gasteiger partial charge in [0.25, 0.3) is 0 Å². The van der Waals surface area contributed by atoms with Crippen LogP contribution in [0.4, 0.5) is 4.39 Å². The van der Waals surface area contributed by atoms with Gasteiger partial charge in [0.2, 0.25) is 0 Å². The first-order valence-electron chi connectivity index (χ1n) is 4.37. The molecule has 0 fully saturated rings. The van der Waals surface area contributed by atoms with Crippen LogP contribution in [0.3, 0.4) is 0 Å². The third-order valence-electron chi connectivity index (χ3n) is 1.92. The Morgan fingerprint density at radius 2 is 2.20 bits per heavy atom. The van der Waals surface area contributed by atoms with Gasteiger partial charge in [-0.05, 0) is 37.7 Å². The van der Waals surface area contributed by atoms with E-state index in [1.165, 1.54) is 6.07 Å². The van der Waals surface area contributed by atoms with Crippen molar-refractivity contribution in [2.45, 2.75) is 13.8 Å². The molecule has 0 heterocycles. The maximum atomic E-state index is 13.2. The van der Waals surface area contributed by atoms with Crippen LogP contribution in [0, 0.1) is 12.7 Å². The van der Waals surface area contributed by atoms with E-state index < -0.39 is 0 Å². The van der Waals surface area contributed by atoms with Crippen molar-refractivity contribution < 1.29 is 4.39 Å². The minimum atomic E-state index is -0.252. The molecule has 0 unspecified atom stereocenters. The van der Waals surface area contributed by atoms with Crippen LogP contribution in [0.2, 0.25) is 0 Å². The fraction of sp³-hybridized carbons (Fsp3) is 0.200. The minimum Gasteiger partial charge on any atom is -0.375 e. The highest BCUT2D eigenvalue weighted by Crippen LogP contribution is 2.09. The Hall–Kier alpha value is -1.49. The number of hydrazone groups is 1. The molecule has 3 N–H and O–H groups in total. The fourth-order valence-electron chi connectivity index (χ4n) is 1.02. The number of aryl methyl sites for hydroxylation is 1. The zero-order chi connectivity index (χ0) is 11.4. The molecule has 0 amide bonds. The third-order valence-corrected chi connectivity index (χ3v) is 2.01. The standard InChI is InChI=1S/C10H12FN3S/c1-6-3-4-8(5-9(6)11)7(2)13-14-10(12)15/h3-5H,1-2H3,(H3,12,14,15). The molecule has 0 aliphatic carbocycles. The molecule has 15 heavy (non-hydrogen) atoms. The van der Waals surface area contributed by atoms with E-state index in [0.29, 0.717) is 16.8 Å². The first-order chi connectivity index (χ1) is 7.00. The summed E-state index contributed by atoms with van der Waals surface area (Å²) in [5.41, 5.74) is 9.59. The number of hydrogen-bond donors (Lipinski definition) is 2. The Kier molecular flexibility index (Phi) is 3.74. The van der Waals surface area contributed by atoms with Gasteiger partial charge in [-0.15, -0.1) is 0 Å². The summed E-state index contributed by atoms with van der Waals surface area (Å²) >= 11 is 4.60. The van der Waals surface area contributed by atoms with Crippen LogP contribution >= 0.6 is 12.2 Å². The van der Waals surface area contributed by atoms with Gasteiger partial charge in [-0.25, -0.2) is 4.39 Å². The zero-order valence-corrected chi connectivity index (χ0v) is 9.36.